The van der Waals surface area contributed by atoms with Crippen LogP contribution in [0, 0.1) is 6.92 Å². The summed E-state index contributed by atoms with van der Waals surface area (Å²) in [5.41, 5.74) is 1.21. The maximum atomic E-state index is 10.8. The minimum absolute atomic E-state index is 0.0375. The van der Waals surface area contributed by atoms with E-state index in [0.29, 0.717) is 12.1 Å². The number of nitrogens with zero attached hydrogens (tertiary/aromatic N) is 1. The predicted octanol–water partition coefficient (Wildman–Crippen LogP) is 1.14. The summed E-state index contributed by atoms with van der Waals surface area (Å²) in [7, 11) is 0. The number of rotatable bonds is 5. The summed E-state index contributed by atoms with van der Waals surface area (Å²) in [4.78, 5) is 22.4. The van der Waals surface area contributed by atoms with Gasteiger partial charge in [-0.15, -0.1) is 0 Å². The van der Waals surface area contributed by atoms with E-state index in [1.807, 2.05) is 6.92 Å². The summed E-state index contributed by atoms with van der Waals surface area (Å²) in [6.07, 6.45) is 0.351. The number of amides is 1. The second-order valence-corrected chi connectivity index (χ2v) is 3.43. The van der Waals surface area contributed by atoms with Gasteiger partial charge >= 0.3 is 5.97 Å². The first-order chi connectivity index (χ1) is 7.54. The highest BCUT2D eigenvalue weighted by Gasteiger charge is 2.11. The number of carboxylic acids is 1. The van der Waals surface area contributed by atoms with Crippen LogP contribution in [0.3, 0.4) is 0 Å². The van der Waals surface area contributed by atoms with Crippen molar-refractivity contribution in [2.75, 3.05) is 11.4 Å². The van der Waals surface area contributed by atoms with Crippen LogP contribution in [0.4, 0.5) is 5.69 Å². The molecule has 2 N–H and O–H groups in total. The number of benzene rings is 1. The van der Waals surface area contributed by atoms with Gasteiger partial charge in [0.2, 0.25) is 6.41 Å². The van der Waals surface area contributed by atoms with E-state index in [4.69, 9.17) is 5.11 Å². The molecule has 86 valence electrons. The monoisotopic (exact) mass is 223 g/mol. The van der Waals surface area contributed by atoms with Crippen molar-refractivity contribution in [3.8, 4) is 5.75 Å². The average Bonchev–Trinajstić information content (AvgIpc) is 2.23. The molecule has 0 bridgehead atoms. The lowest BCUT2D eigenvalue weighted by Gasteiger charge is -2.18. The molecule has 1 amide bonds. The number of carboxylic acid groups (broad SMARTS) is 1. The molecule has 0 spiro atoms. The lowest BCUT2D eigenvalue weighted by atomic mass is 10.2. The second kappa shape index (κ2) is 5.16. The summed E-state index contributed by atoms with van der Waals surface area (Å²) in [6.45, 7) is 1.86. The van der Waals surface area contributed by atoms with Gasteiger partial charge in [0.1, 0.15) is 5.75 Å². The van der Waals surface area contributed by atoms with E-state index in [1.54, 1.807) is 12.1 Å². The highest BCUT2D eigenvalue weighted by molar-refractivity contribution is 5.80. The zero-order valence-corrected chi connectivity index (χ0v) is 8.88. The van der Waals surface area contributed by atoms with Gasteiger partial charge in [0.05, 0.1) is 12.1 Å². The molecule has 1 aromatic carbocycles. The highest BCUT2D eigenvalue weighted by atomic mass is 16.4. The summed E-state index contributed by atoms with van der Waals surface area (Å²) in [5.74, 6) is -1.03. The molecular formula is C11H13NO4. The van der Waals surface area contributed by atoms with Crippen LogP contribution in [-0.4, -0.2) is 29.1 Å². The van der Waals surface area contributed by atoms with Crippen molar-refractivity contribution in [2.45, 2.75) is 13.3 Å². The number of aromatic hydroxyl groups is 1. The maximum absolute atomic E-state index is 10.8. The molecule has 5 nitrogen and oxygen atoms in total. The Balaban J connectivity index is 2.89. The minimum Gasteiger partial charge on any atom is -0.506 e. The molecule has 0 aliphatic heterocycles. The third kappa shape index (κ3) is 2.98. The van der Waals surface area contributed by atoms with Crippen molar-refractivity contribution in [3.63, 3.8) is 0 Å². The number of hydrogen-bond acceptors (Lipinski definition) is 3. The Kier molecular flexibility index (Phi) is 3.88. The Hall–Kier alpha value is -2.04. The van der Waals surface area contributed by atoms with Gasteiger partial charge in [0.15, 0.2) is 0 Å². The van der Waals surface area contributed by atoms with Gasteiger partial charge in [-0.2, -0.15) is 0 Å². The summed E-state index contributed by atoms with van der Waals surface area (Å²) in [6, 6.07) is 4.81. The van der Waals surface area contributed by atoms with E-state index in [9.17, 15) is 14.7 Å². The normalized spacial score (nSPS) is 9.81. The Morgan fingerprint density at radius 2 is 2.19 bits per heavy atom. The maximum Gasteiger partial charge on any atom is 0.305 e. The van der Waals surface area contributed by atoms with Crippen LogP contribution in [0.1, 0.15) is 12.0 Å². The Morgan fingerprint density at radius 1 is 1.50 bits per heavy atom. The van der Waals surface area contributed by atoms with E-state index in [1.165, 1.54) is 11.0 Å². The van der Waals surface area contributed by atoms with Crippen molar-refractivity contribution in [2.24, 2.45) is 0 Å². The number of aliphatic carboxylic acids is 1. The van der Waals surface area contributed by atoms with Gasteiger partial charge in [0, 0.05) is 6.54 Å². The van der Waals surface area contributed by atoms with Crippen LogP contribution < -0.4 is 4.90 Å². The average molecular weight is 223 g/mol. The van der Waals surface area contributed by atoms with E-state index in [2.05, 4.69) is 0 Å². The standard InChI is InChI=1S/C11H13NO4/c1-8-2-3-10(14)9(6-8)12(7-13)5-4-11(15)16/h2-3,6-7,14H,4-5H2,1H3,(H,15,16). The van der Waals surface area contributed by atoms with Crippen molar-refractivity contribution < 1.29 is 19.8 Å². The molecule has 1 rings (SSSR count). The lowest BCUT2D eigenvalue weighted by molar-refractivity contribution is -0.136. The van der Waals surface area contributed by atoms with Crippen LogP contribution >= 0.6 is 0 Å². The fraction of sp³-hybridized carbons (Fsp3) is 0.273. The molecule has 0 atom stereocenters. The van der Waals surface area contributed by atoms with Gasteiger partial charge < -0.3 is 15.1 Å². The highest BCUT2D eigenvalue weighted by Crippen LogP contribution is 2.27. The molecule has 0 saturated heterocycles. The molecule has 0 aliphatic carbocycles. The van der Waals surface area contributed by atoms with Gasteiger partial charge in [-0.1, -0.05) is 6.07 Å². The van der Waals surface area contributed by atoms with Crippen LogP contribution in [0.2, 0.25) is 0 Å². The lowest BCUT2D eigenvalue weighted by Crippen LogP contribution is -2.24. The SMILES string of the molecule is Cc1ccc(O)c(N(C=O)CCC(=O)O)c1. The summed E-state index contributed by atoms with van der Waals surface area (Å²) < 4.78 is 0. The molecule has 0 unspecified atom stereocenters. The molecule has 0 fully saturated rings. The Bertz CT molecular complexity index is 403. The van der Waals surface area contributed by atoms with Crippen LogP contribution in [0.15, 0.2) is 18.2 Å². The zero-order chi connectivity index (χ0) is 12.1. The van der Waals surface area contributed by atoms with Crippen LogP contribution in [-0.2, 0) is 9.59 Å². The van der Waals surface area contributed by atoms with Crippen molar-refractivity contribution in [1.29, 1.82) is 0 Å². The predicted molar refractivity (Wildman–Crippen MR) is 58.5 cm³/mol. The molecule has 5 heteroatoms. The van der Waals surface area contributed by atoms with E-state index in [0.717, 1.165) is 5.56 Å². The minimum atomic E-state index is -0.987. The Labute approximate surface area is 92.9 Å². The van der Waals surface area contributed by atoms with E-state index < -0.39 is 5.97 Å². The molecule has 16 heavy (non-hydrogen) atoms. The molecule has 0 saturated carbocycles. The number of anilines is 1. The fourth-order valence-electron chi connectivity index (χ4n) is 1.31. The molecule has 0 heterocycles. The summed E-state index contributed by atoms with van der Waals surface area (Å²) in [5, 5.41) is 18.1. The third-order valence-corrected chi connectivity index (χ3v) is 2.13. The molecular weight excluding hydrogens is 210 g/mol. The topological polar surface area (TPSA) is 77.8 Å². The van der Waals surface area contributed by atoms with Crippen molar-refractivity contribution in [3.05, 3.63) is 23.8 Å². The number of hydrogen-bond donors (Lipinski definition) is 2. The number of carbonyl (C=O) groups is 2. The Morgan fingerprint density at radius 3 is 2.75 bits per heavy atom. The summed E-state index contributed by atoms with van der Waals surface area (Å²) >= 11 is 0. The first-order valence-electron chi connectivity index (χ1n) is 4.78. The van der Waals surface area contributed by atoms with E-state index >= 15 is 0 Å². The van der Waals surface area contributed by atoms with Gasteiger partial charge in [-0.05, 0) is 24.6 Å². The van der Waals surface area contributed by atoms with Gasteiger partial charge in [0.25, 0.3) is 0 Å². The zero-order valence-electron chi connectivity index (χ0n) is 8.88. The van der Waals surface area contributed by atoms with Crippen molar-refractivity contribution >= 4 is 18.1 Å². The number of aryl methyl sites for hydroxylation is 1. The smallest absolute Gasteiger partial charge is 0.305 e. The first-order valence-corrected chi connectivity index (χ1v) is 4.78. The number of phenolic OH excluding ortho intramolecular Hbond substituents is 1. The second-order valence-electron chi connectivity index (χ2n) is 3.43. The number of phenols is 1. The van der Waals surface area contributed by atoms with Gasteiger partial charge in [-0.25, -0.2) is 0 Å². The molecule has 0 aromatic heterocycles. The van der Waals surface area contributed by atoms with Crippen LogP contribution in [0.5, 0.6) is 5.75 Å². The van der Waals surface area contributed by atoms with Gasteiger partial charge in [-0.3, -0.25) is 9.59 Å². The third-order valence-electron chi connectivity index (χ3n) is 2.13. The molecule has 0 radical (unpaired) electrons. The van der Waals surface area contributed by atoms with Crippen LogP contribution in [0.25, 0.3) is 0 Å². The number of carbonyl (C=O) groups excluding carboxylic acids is 1. The largest absolute Gasteiger partial charge is 0.506 e. The fourth-order valence-corrected chi connectivity index (χ4v) is 1.31. The first kappa shape index (κ1) is 12.0. The molecule has 0 aliphatic rings. The molecule has 1 aromatic rings. The van der Waals surface area contributed by atoms with Crippen molar-refractivity contribution in [1.82, 2.24) is 0 Å². The quantitative estimate of drug-likeness (QED) is 0.734. The van der Waals surface area contributed by atoms with E-state index in [-0.39, 0.29) is 18.7 Å².